The van der Waals surface area contributed by atoms with Crippen molar-refractivity contribution in [2.75, 3.05) is 10.6 Å². The summed E-state index contributed by atoms with van der Waals surface area (Å²) in [6, 6.07) is 6.56. The SMILES string of the molecule is O=C1CCC(N2C(=O)c3cccc(NC(=O)[C@H]4CC[C@H](C(=O)Nc5cccc6c5C(=O)N(C5CCC(=O)NC5=O)C6=O)CC4)c3C2=O)C(=O)N1. The summed E-state index contributed by atoms with van der Waals surface area (Å²) in [6.07, 6.45) is 1.23. The van der Waals surface area contributed by atoms with Crippen LogP contribution in [-0.2, 0) is 28.8 Å². The second kappa shape index (κ2) is 12.4. The Morgan fingerprint density at radius 3 is 1.28 bits per heavy atom. The molecular weight excluding hydrogens is 652 g/mol. The van der Waals surface area contributed by atoms with Gasteiger partial charge < -0.3 is 10.6 Å². The number of imide groups is 4. The summed E-state index contributed by atoms with van der Waals surface area (Å²) in [5.74, 6) is -7.19. The molecule has 2 atom stereocenters. The first-order valence-electron chi connectivity index (χ1n) is 16.3. The molecular formula is C34H30N6O10. The molecule has 0 aromatic heterocycles. The zero-order valence-electron chi connectivity index (χ0n) is 26.4. The molecule has 7 rings (SSSR count). The number of carbonyl (C=O) groups is 10. The van der Waals surface area contributed by atoms with Gasteiger partial charge in [-0.3, -0.25) is 68.4 Å². The predicted molar refractivity (Wildman–Crippen MR) is 169 cm³/mol. The van der Waals surface area contributed by atoms with Crippen LogP contribution < -0.4 is 21.3 Å². The Morgan fingerprint density at radius 2 is 0.920 bits per heavy atom. The van der Waals surface area contributed by atoms with Crippen LogP contribution in [0.5, 0.6) is 0 Å². The van der Waals surface area contributed by atoms with Crippen molar-refractivity contribution in [1.82, 2.24) is 20.4 Å². The average molecular weight is 683 g/mol. The van der Waals surface area contributed by atoms with E-state index in [2.05, 4.69) is 21.3 Å². The van der Waals surface area contributed by atoms with E-state index in [4.69, 9.17) is 0 Å². The Balaban J connectivity index is 0.983. The van der Waals surface area contributed by atoms with Gasteiger partial charge in [0.25, 0.3) is 23.6 Å². The Morgan fingerprint density at radius 1 is 0.540 bits per heavy atom. The van der Waals surface area contributed by atoms with Gasteiger partial charge in [-0.2, -0.15) is 0 Å². The van der Waals surface area contributed by atoms with Gasteiger partial charge in [0.2, 0.25) is 35.4 Å². The van der Waals surface area contributed by atoms with Gasteiger partial charge in [0.15, 0.2) is 0 Å². The first-order valence-corrected chi connectivity index (χ1v) is 16.3. The lowest BCUT2D eigenvalue weighted by Gasteiger charge is -2.28. The van der Waals surface area contributed by atoms with Crippen LogP contribution in [0.2, 0.25) is 0 Å². The van der Waals surface area contributed by atoms with Gasteiger partial charge in [0, 0.05) is 24.7 Å². The first kappa shape index (κ1) is 32.5. The number of anilines is 2. The van der Waals surface area contributed by atoms with Crippen LogP contribution in [0.4, 0.5) is 11.4 Å². The molecule has 50 heavy (non-hydrogen) atoms. The molecule has 1 saturated carbocycles. The Labute approximate surface area is 283 Å². The number of rotatable bonds is 6. The molecule has 5 aliphatic rings. The third-order valence-electron chi connectivity index (χ3n) is 9.92. The minimum atomic E-state index is -1.15. The molecule has 16 nitrogen and oxygen atoms in total. The van der Waals surface area contributed by atoms with Crippen molar-refractivity contribution in [3.8, 4) is 0 Å². The number of hydrogen-bond donors (Lipinski definition) is 4. The minimum absolute atomic E-state index is 0.00334. The number of nitrogens with one attached hydrogen (secondary N) is 4. The second-order valence-corrected chi connectivity index (χ2v) is 12.9. The third kappa shape index (κ3) is 5.41. The summed E-state index contributed by atoms with van der Waals surface area (Å²) in [4.78, 5) is 129. The van der Waals surface area contributed by atoms with Gasteiger partial charge in [0.05, 0.1) is 33.6 Å². The Bertz CT molecular complexity index is 1820. The summed E-state index contributed by atoms with van der Waals surface area (Å²) < 4.78 is 0. The maximum atomic E-state index is 13.4. The highest BCUT2D eigenvalue weighted by Gasteiger charge is 2.47. The molecule has 2 unspecified atom stereocenters. The fraction of sp³-hybridized carbons (Fsp3) is 0.353. The van der Waals surface area contributed by atoms with E-state index < -0.39 is 83.0 Å². The molecule has 16 heteroatoms. The van der Waals surface area contributed by atoms with Crippen molar-refractivity contribution in [3.63, 3.8) is 0 Å². The highest BCUT2D eigenvalue weighted by Crippen LogP contribution is 2.36. The quantitative estimate of drug-likeness (QED) is 0.315. The maximum Gasteiger partial charge on any atom is 0.264 e. The number of amides is 10. The highest BCUT2D eigenvalue weighted by atomic mass is 16.2. The molecule has 4 aliphatic heterocycles. The van der Waals surface area contributed by atoms with Crippen LogP contribution in [-0.4, -0.2) is 81.0 Å². The summed E-state index contributed by atoms with van der Waals surface area (Å²) in [7, 11) is 0. The van der Waals surface area contributed by atoms with Crippen molar-refractivity contribution in [2.24, 2.45) is 11.8 Å². The van der Waals surface area contributed by atoms with Crippen molar-refractivity contribution >= 4 is 70.4 Å². The van der Waals surface area contributed by atoms with Crippen molar-refractivity contribution in [1.29, 1.82) is 0 Å². The first-order chi connectivity index (χ1) is 23.9. The normalized spacial score (nSPS) is 24.9. The van der Waals surface area contributed by atoms with Crippen molar-refractivity contribution in [2.45, 2.75) is 63.5 Å². The average Bonchev–Trinajstić information content (AvgIpc) is 3.50. The molecule has 10 amide bonds. The van der Waals surface area contributed by atoms with E-state index in [1.807, 2.05) is 0 Å². The van der Waals surface area contributed by atoms with Crippen LogP contribution in [0.1, 0.15) is 92.8 Å². The number of carbonyl (C=O) groups excluding carboxylic acids is 10. The van der Waals surface area contributed by atoms with Crippen LogP contribution in [0.3, 0.4) is 0 Å². The largest absolute Gasteiger partial charge is 0.325 e. The summed E-state index contributed by atoms with van der Waals surface area (Å²) in [5, 5.41) is 9.78. The van der Waals surface area contributed by atoms with E-state index >= 15 is 0 Å². The Kier molecular flexibility index (Phi) is 8.08. The standard InChI is InChI=1S/C34H30N6O10/c41-23-13-11-21(29(45)37-23)39-31(47)17-3-1-5-19(25(17)33(39)49)35-27(43)15-7-9-16(10-8-15)28(44)36-20-6-2-4-18-26(20)34(50)40(32(18)48)22-12-14-24(42)38-30(22)46/h1-6,15-16,21-22H,7-14H2,(H,35,43)(H,36,44)(H,37,41,45)(H,38,42,46)/t15-,16-,21?,22?. The fourth-order valence-corrected chi connectivity index (χ4v) is 7.33. The molecule has 0 radical (unpaired) electrons. The Hall–Kier alpha value is -6.06. The van der Waals surface area contributed by atoms with E-state index in [0.29, 0.717) is 25.7 Å². The lowest BCUT2D eigenvalue weighted by molar-refractivity contribution is -0.137. The summed E-state index contributed by atoms with van der Waals surface area (Å²) >= 11 is 0. The van der Waals surface area contributed by atoms with E-state index in [0.717, 1.165) is 9.80 Å². The number of fused-ring (bicyclic) bond motifs is 2. The van der Waals surface area contributed by atoms with E-state index in [9.17, 15) is 47.9 Å². The van der Waals surface area contributed by atoms with E-state index in [1.165, 1.54) is 36.4 Å². The van der Waals surface area contributed by atoms with Crippen LogP contribution in [0.15, 0.2) is 36.4 Å². The second-order valence-electron chi connectivity index (χ2n) is 12.9. The number of piperidine rings is 2. The van der Waals surface area contributed by atoms with E-state index in [-0.39, 0.29) is 59.3 Å². The third-order valence-corrected chi connectivity index (χ3v) is 9.92. The predicted octanol–water partition coefficient (Wildman–Crippen LogP) is 0.873. The van der Waals surface area contributed by atoms with Gasteiger partial charge in [-0.05, 0) is 62.8 Å². The number of hydrogen-bond acceptors (Lipinski definition) is 10. The smallest absolute Gasteiger partial charge is 0.264 e. The van der Waals surface area contributed by atoms with Crippen molar-refractivity contribution < 1.29 is 47.9 Å². The summed E-state index contributed by atoms with van der Waals surface area (Å²) in [6.45, 7) is 0. The topological polar surface area (TPSA) is 225 Å². The van der Waals surface area contributed by atoms with Gasteiger partial charge in [0.1, 0.15) is 12.1 Å². The van der Waals surface area contributed by atoms with Crippen molar-refractivity contribution in [3.05, 3.63) is 58.7 Å². The number of nitrogens with zero attached hydrogens (tertiary/aromatic N) is 2. The number of benzene rings is 2. The molecule has 2 aromatic carbocycles. The summed E-state index contributed by atoms with van der Waals surface area (Å²) in [5.41, 5.74) is 0.218. The van der Waals surface area contributed by atoms with Crippen LogP contribution in [0.25, 0.3) is 0 Å². The lowest BCUT2D eigenvalue weighted by Crippen LogP contribution is -2.54. The molecule has 0 bridgehead atoms. The minimum Gasteiger partial charge on any atom is -0.325 e. The van der Waals surface area contributed by atoms with Gasteiger partial charge in [-0.25, -0.2) is 0 Å². The molecule has 2 saturated heterocycles. The highest BCUT2D eigenvalue weighted by molar-refractivity contribution is 6.27. The zero-order valence-corrected chi connectivity index (χ0v) is 26.4. The van der Waals surface area contributed by atoms with Crippen LogP contribution in [0, 0.1) is 11.8 Å². The van der Waals surface area contributed by atoms with Gasteiger partial charge >= 0.3 is 0 Å². The van der Waals surface area contributed by atoms with Gasteiger partial charge in [-0.15, -0.1) is 0 Å². The fourth-order valence-electron chi connectivity index (χ4n) is 7.33. The molecule has 256 valence electrons. The lowest BCUT2D eigenvalue weighted by atomic mass is 9.81. The molecule has 1 aliphatic carbocycles. The molecule has 3 fully saturated rings. The maximum absolute atomic E-state index is 13.4. The monoisotopic (exact) mass is 682 g/mol. The van der Waals surface area contributed by atoms with Crippen LogP contribution >= 0.6 is 0 Å². The van der Waals surface area contributed by atoms with Gasteiger partial charge in [-0.1, -0.05) is 12.1 Å². The molecule has 0 spiro atoms. The molecule has 4 heterocycles. The van der Waals surface area contributed by atoms with E-state index in [1.54, 1.807) is 0 Å². The zero-order chi connectivity index (χ0) is 35.4. The molecule has 2 aromatic rings. The molecule has 4 N–H and O–H groups in total.